The van der Waals surface area contributed by atoms with E-state index in [0.717, 1.165) is 34.0 Å². The zero-order valence-electron chi connectivity index (χ0n) is 13.4. The van der Waals surface area contributed by atoms with Crippen LogP contribution >= 0.6 is 0 Å². The van der Waals surface area contributed by atoms with Gasteiger partial charge < -0.3 is 9.73 Å². The minimum absolute atomic E-state index is 0.355. The normalized spacial score (nSPS) is 11.0. The standard InChI is InChI=1S/C21H17NO2/c1-2-14-7-10-16(11-8-14)22-19-13-20(23)24-21-17-6-4-3-5-15(17)9-12-18(19)21/h3-13,22H,2H2,1H3. The van der Waals surface area contributed by atoms with Gasteiger partial charge in [-0.1, -0.05) is 49.4 Å². The average molecular weight is 315 g/mol. The number of anilines is 2. The lowest BCUT2D eigenvalue weighted by Gasteiger charge is -2.10. The highest BCUT2D eigenvalue weighted by molar-refractivity contribution is 6.08. The van der Waals surface area contributed by atoms with Crippen LogP contribution in [-0.4, -0.2) is 0 Å². The fourth-order valence-corrected chi connectivity index (χ4v) is 2.97. The van der Waals surface area contributed by atoms with Crippen LogP contribution in [0.15, 0.2) is 75.9 Å². The zero-order chi connectivity index (χ0) is 16.5. The van der Waals surface area contributed by atoms with Crippen LogP contribution in [0.25, 0.3) is 21.7 Å². The van der Waals surface area contributed by atoms with E-state index < -0.39 is 0 Å². The Morgan fingerprint density at radius 2 is 1.71 bits per heavy atom. The maximum Gasteiger partial charge on any atom is 0.338 e. The van der Waals surface area contributed by atoms with Crippen molar-refractivity contribution in [2.75, 3.05) is 5.32 Å². The zero-order valence-corrected chi connectivity index (χ0v) is 13.4. The second kappa shape index (κ2) is 5.85. The highest BCUT2D eigenvalue weighted by Gasteiger charge is 2.09. The van der Waals surface area contributed by atoms with E-state index in [2.05, 4.69) is 24.4 Å². The summed E-state index contributed by atoms with van der Waals surface area (Å²) < 4.78 is 5.49. The molecule has 24 heavy (non-hydrogen) atoms. The summed E-state index contributed by atoms with van der Waals surface area (Å²) in [6.07, 6.45) is 1.00. The van der Waals surface area contributed by atoms with E-state index in [1.165, 1.54) is 11.6 Å². The Morgan fingerprint density at radius 3 is 2.50 bits per heavy atom. The number of aryl methyl sites for hydroxylation is 1. The summed E-state index contributed by atoms with van der Waals surface area (Å²) >= 11 is 0. The molecule has 3 nitrogen and oxygen atoms in total. The van der Waals surface area contributed by atoms with Crippen LogP contribution in [0, 0.1) is 0 Å². The van der Waals surface area contributed by atoms with E-state index in [1.54, 1.807) is 0 Å². The molecule has 0 aliphatic rings. The van der Waals surface area contributed by atoms with E-state index in [4.69, 9.17) is 4.42 Å². The second-order valence-electron chi connectivity index (χ2n) is 5.82. The van der Waals surface area contributed by atoms with Gasteiger partial charge in [0.15, 0.2) is 0 Å². The maximum absolute atomic E-state index is 12.0. The largest absolute Gasteiger partial charge is 0.422 e. The van der Waals surface area contributed by atoms with Gasteiger partial charge >= 0.3 is 5.63 Å². The molecular formula is C21H17NO2. The molecule has 0 aliphatic carbocycles. The maximum atomic E-state index is 12.0. The van der Waals surface area contributed by atoms with Gasteiger partial charge in [-0.3, -0.25) is 0 Å². The van der Waals surface area contributed by atoms with Gasteiger partial charge in [0.1, 0.15) is 5.58 Å². The van der Waals surface area contributed by atoms with Crippen molar-refractivity contribution < 1.29 is 4.42 Å². The lowest BCUT2D eigenvalue weighted by molar-refractivity contribution is 0.565. The van der Waals surface area contributed by atoms with Gasteiger partial charge in [0.2, 0.25) is 0 Å². The molecule has 1 aromatic heterocycles. The lowest BCUT2D eigenvalue weighted by Crippen LogP contribution is -2.01. The van der Waals surface area contributed by atoms with Gasteiger partial charge in [0.05, 0.1) is 5.69 Å². The first-order valence-electron chi connectivity index (χ1n) is 8.06. The lowest BCUT2D eigenvalue weighted by atomic mass is 10.1. The Bertz CT molecular complexity index is 1080. The molecule has 0 radical (unpaired) electrons. The minimum Gasteiger partial charge on any atom is -0.422 e. The fourth-order valence-electron chi connectivity index (χ4n) is 2.97. The van der Waals surface area contributed by atoms with E-state index in [-0.39, 0.29) is 5.63 Å². The first-order valence-corrected chi connectivity index (χ1v) is 8.06. The van der Waals surface area contributed by atoms with Crippen LogP contribution in [-0.2, 0) is 6.42 Å². The monoisotopic (exact) mass is 315 g/mol. The first-order chi connectivity index (χ1) is 11.7. The van der Waals surface area contributed by atoms with Crippen LogP contribution < -0.4 is 10.9 Å². The Morgan fingerprint density at radius 1 is 0.917 bits per heavy atom. The van der Waals surface area contributed by atoms with Crippen LogP contribution in [0.4, 0.5) is 11.4 Å². The molecule has 0 bridgehead atoms. The van der Waals surface area contributed by atoms with Crippen LogP contribution in [0.3, 0.4) is 0 Å². The summed E-state index contributed by atoms with van der Waals surface area (Å²) in [6.45, 7) is 2.13. The molecule has 4 aromatic rings. The third-order valence-electron chi connectivity index (χ3n) is 4.28. The number of fused-ring (bicyclic) bond motifs is 3. The molecule has 0 spiro atoms. The summed E-state index contributed by atoms with van der Waals surface area (Å²) in [5, 5.41) is 6.23. The van der Waals surface area contributed by atoms with E-state index >= 15 is 0 Å². The number of hydrogen-bond donors (Lipinski definition) is 1. The molecule has 3 aromatic carbocycles. The predicted molar refractivity (Wildman–Crippen MR) is 99.1 cm³/mol. The van der Waals surface area contributed by atoms with Crippen molar-refractivity contribution in [3.05, 3.63) is 82.7 Å². The predicted octanol–water partition coefficient (Wildman–Crippen LogP) is 5.25. The van der Waals surface area contributed by atoms with Crippen molar-refractivity contribution >= 4 is 33.1 Å². The molecule has 0 atom stereocenters. The van der Waals surface area contributed by atoms with Gasteiger partial charge in [0, 0.05) is 22.5 Å². The molecule has 0 aliphatic heterocycles. The Kier molecular flexibility index (Phi) is 3.54. The molecule has 4 rings (SSSR count). The number of hydrogen-bond acceptors (Lipinski definition) is 3. The topological polar surface area (TPSA) is 42.2 Å². The van der Waals surface area contributed by atoms with Gasteiger partial charge in [-0.2, -0.15) is 0 Å². The van der Waals surface area contributed by atoms with Crippen molar-refractivity contribution in [1.29, 1.82) is 0 Å². The summed E-state index contributed by atoms with van der Waals surface area (Å²) in [6, 6.07) is 21.7. The number of rotatable bonds is 3. The van der Waals surface area contributed by atoms with Gasteiger partial charge in [-0.25, -0.2) is 4.79 Å². The molecule has 1 N–H and O–H groups in total. The molecule has 0 saturated heterocycles. The van der Waals surface area contributed by atoms with Crippen LogP contribution in [0.2, 0.25) is 0 Å². The van der Waals surface area contributed by atoms with Gasteiger partial charge in [-0.15, -0.1) is 0 Å². The first kappa shape index (κ1) is 14.5. The van der Waals surface area contributed by atoms with Crippen molar-refractivity contribution in [2.45, 2.75) is 13.3 Å². The van der Waals surface area contributed by atoms with Crippen molar-refractivity contribution in [2.24, 2.45) is 0 Å². The van der Waals surface area contributed by atoms with E-state index in [9.17, 15) is 4.79 Å². The average Bonchev–Trinajstić information content (AvgIpc) is 2.62. The molecule has 1 heterocycles. The molecule has 0 amide bonds. The third kappa shape index (κ3) is 2.54. The molecule has 0 saturated carbocycles. The van der Waals surface area contributed by atoms with E-state index in [1.807, 2.05) is 48.5 Å². The van der Waals surface area contributed by atoms with Gasteiger partial charge in [0.25, 0.3) is 0 Å². The number of benzene rings is 3. The Hall–Kier alpha value is -3.07. The van der Waals surface area contributed by atoms with Crippen molar-refractivity contribution in [1.82, 2.24) is 0 Å². The summed E-state index contributed by atoms with van der Waals surface area (Å²) in [5.74, 6) is 0. The van der Waals surface area contributed by atoms with Crippen molar-refractivity contribution in [3.8, 4) is 0 Å². The quantitative estimate of drug-likeness (QED) is 0.414. The van der Waals surface area contributed by atoms with Crippen LogP contribution in [0.5, 0.6) is 0 Å². The molecular weight excluding hydrogens is 298 g/mol. The molecule has 0 fully saturated rings. The summed E-state index contributed by atoms with van der Waals surface area (Å²) in [4.78, 5) is 12.0. The van der Waals surface area contributed by atoms with Gasteiger partial charge in [-0.05, 0) is 35.6 Å². The smallest absolute Gasteiger partial charge is 0.338 e. The minimum atomic E-state index is -0.355. The summed E-state index contributed by atoms with van der Waals surface area (Å²) in [7, 11) is 0. The Balaban J connectivity index is 1.88. The molecule has 118 valence electrons. The Labute approximate surface area is 139 Å². The highest BCUT2D eigenvalue weighted by atomic mass is 16.4. The molecule has 3 heteroatoms. The van der Waals surface area contributed by atoms with Crippen LogP contribution in [0.1, 0.15) is 12.5 Å². The summed E-state index contributed by atoms with van der Waals surface area (Å²) in [5.41, 5.74) is 3.26. The van der Waals surface area contributed by atoms with Crippen molar-refractivity contribution in [3.63, 3.8) is 0 Å². The van der Waals surface area contributed by atoms with E-state index in [0.29, 0.717) is 5.58 Å². The fraction of sp³-hybridized carbons (Fsp3) is 0.0952. The second-order valence-corrected chi connectivity index (χ2v) is 5.82. The highest BCUT2D eigenvalue weighted by Crippen LogP contribution is 2.30. The third-order valence-corrected chi connectivity index (χ3v) is 4.28. The SMILES string of the molecule is CCc1ccc(Nc2cc(=O)oc3c2ccc2ccccc23)cc1. The number of nitrogens with one attached hydrogen (secondary N) is 1. The molecule has 0 unspecified atom stereocenters.